The van der Waals surface area contributed by atoms with E-state index < -0.39 is 0 Å². The zero-order chi connectivity index (χ0) is 15.6. The van der Waals surface area contributed by atoms with Crippen LogP contribution in [0.15, 0.2) is 48.5 Å². The van der Waals surface area contributed by atoms with Crippen LogP contribution in [-0.2, 0) is 13.0 Å². The zero-order valence-electron chi connectivity index (χ0n) is 13.2. The lowest BCUT2D eigenvalue weighted by Crippen LogP contribution is -2.28. The normalized spacial score (nSPS) is 17.5. The summed E-state index contributed by atoms with van der Waals surface area (Å²) in [6, 6.07) is 14.1. The fourth-order valence-corrected chi connectivity index (χ4v) is 3.39. The number of benzene rings is 2. The summed E-state index contributed by atoms with van der Waals surface area (Å²) in [5, 5.41) is 9.39. The van der Waals surface area contributed by atoms with E-state index in [9.17, 15) is 5.11 Å². The van der Waals surface area contributed by atoms with Gasteiger partial charge in [-0.05, 0) is 46.9 Å². The molecule has 0 amide bonds. The minimum Gasteiger partial charge on any atom is -0.508 e. The molecule has 2 heterocycles. The molecule has 0 unspecified atom stereocenters. The molecule has 0 aromatic heterocycles. The fourth-order valence-electron chi connectivity index (χ4n) is 3.39. The van der Waals surface area contributed by atoms with Gasteiger partial charge in [0.2, 0.25) is 0 Å². The molecule has 0 spiro atoms. The molecule has 3 nitrogen and oxygen atoms in total. The van der Waals surface area contributed by atoms with E-state index in [1.165, 1.54) is 22.3 Å². The quantitative estimate of drug-likeness (QED) is 0.940. The van der Waals surface area contributed by atoms with E-state index in [1.54, 1.807) is 12.1 Å². The molecule has 2 aliphatic heterocycles. The number of nitrogens with zero attached hydrogens (tertiary/aromatic N) is 1. The van der Waals surface area contributed by atoms with Crippen LogP contribution in [0, 0.1) is 0 Å². The molecule has 0 aliphatic carbocycles. The van der Waals surface area contributed by atoms with Crippen LogP contribution in [0.1, 0.15) is 23.1 Å². The molecule has 0 fully saturated rings. The molecular formula is C20H21NO2. The van der Waals surface area contributed by atoms with Gasteiger partial charge in [-0.15, -0.1) is 0 Å². The summed E-state index contributed by atoms with van der Waals surface area (Å²) in [7, 11) is 0. The van der Waals surface area contributed by atoms with Crippen molar-refractivity contribution < 1.29 is 9.84 Å². The van der Waals surface area contributed by atoms with E-state index in [2.05, 4.69) is 29.2 Å². The van der Waals surface area contributed by atoms with Gasteiger partial charge in [0.1, 0.15) is 11.5 Å². The largest absolute Gasteiger partial charge is 0.508 e. The summed E-state index contributed by atoms with van der Waals surface area (Å²) >= 11 is 0. The molecule has 0 atom stereocenters. The van der Waals surface area contributed by atoms with Gasteiger partial charge in [0.25, 0.3) is 0 Å². The van der Waals surface area contributed by atoms with Gasteiger partial charge in [0.05, 0.1) is 6.61 Å². The predicted molar refractivity (Wildman–Crippen MR) is 91.6 cm³/mol. The highest BCUT2D eigenvalue weighted by Crippen LogP contribution is 2.28. The molecule has 0 saturated carbocycles. The van der Waals surface area contributed by atoms with E-state index in [0.29, 0.717) is 5.75 Å². The van der Waals surface area contributed by atoms with Crippen LogP contribution in [-0.4, -0.2) is 29.7 Å². The summed E-state index contributed by atoms with van der Waals surface area (Å²) in [5.74, 6) is 1.38. The molecule has 1 N–H and O–H groups in total. The highest BCUT2D eigenvalue weighted by Gasteiger charge is 2.16. The van der Waals surface area contributed by atoms with Crippen molar-refractivity contribution >= 4 is 5.57 Å². The number of phenolic OH excluding ortho intramolecular Hbond substituents is 1. The molecule has 0 radical (unpaired) electrons. The molecule has 2 aliphatic rings. The Labute approximate surface area is 136 Å². The van der Waals surface area contributed by atoms with Gasteiger partial charge >= 0.3 is 0 Å². The minimum atomic E-state index is 0.326. The van der Waals surface area contributed by atoms with Crippen LogP contribution < -0.4 is 4.74 Å². The maximum absolute atomic E-state index is 9.39. The van der Waals surface area contributed by atoms with Gasteiger partial charge in [-0.1, -0.05) is 30.3 Å². The van der Waals surface area contributed by atoms with Crippen molar-refractivity contribution in [3.05, 3.63) is 65.2 Å². The maximum Gasteiger partial charge on any atom is 0.122 e. The van der Waals surface area contributed by atoms with Gasteiger partial charge in [-0.2, -0.15) is 0 Å². The monoisotopic (exact) mass is 307 g/mol. The first kappa shape index (κ1) is 14.3. The van der Waals surface area contributed by atoms with E-state index >= 15 is 0 Å². The number of hydrogen-bond acceptors (Lipinski definition) is 3. The topological polar surface area (TPSA) is 32.7 Å². The molecule has 2 aromatic rings. The van der Waals surface area contributed by atoms with Crippen molar-refractivity contribution in [3.63, 3.8) is 0 Å². The Morgan fingerprint density at radius 1 is 1.04 bits per heavy atom. The average Bonchev–Trinajstić information content (AvgIpc) is 3.04. The third-order valence-corrected chi connectivity index (χ3v) is 4.69. The second-order valence-electron chi connectivity index (χ2n) is 6.30. The van der Waals surface area contributed by atoms with Crippen LogP contribution in [0.5, 0.6) is 11.5 Å². The van der Waals surface area contributed by atoms with Crippen molar-refractivity contribution in [3.8, 4) is 11.5 Å². The van der Waals surface area contributed by atoms with E-state index in [1.807, 2.05) is 12.1 Å². The van der Waals surface area contributed by atoms with Crippen molar-refractivity contribution in [2.24, 2.45) is 0 Å². The smallest absolute Gasteiger partial charge is 0.122 e. The van der Waals surface area contributed by atoms with Crippen molar-refractivity contribution in [1.82, 2.24) is 4.90 Å². The summed E-state index contributed by atoms with van der Waals surface area (Å²) in [5.41, 5.74) is 5.32. The molecule has 2 aromatic carbocycles. The van der Waals surface area contributed by atoms with Gasteiger partial charge in [0.15, 0.2) is 0 Å². The number of hydrogen-bond donors (Lipinski definition) is 1. The van der Waals surface area contributed by atoms with Crippen LogP contribution in [0.4, 0.5) is 0 Å². The van der Waals surface area contributed by atoms with Crippen molar-refractivity contribution in [2.75, 3.05) is 19.7 Å². The number of ether oxygens (including phenoxy) is 1. The van der Waals surface area contributed by atoms with Crippen LogP contribution in [0.2, 0.25) is 0 Å². The van der Waals surface area contributed by atoms with Crippen molar-refractivity contribution in [1.29, 1.82) is 0 Å². The maximum atomic E-state index is 9.39. The predicted octanol–water partition coefficient (Wildman–Crippen LogP) is 3.62. The second-order valence-corrected chi connectivity index (χ2v) is 6.30. The Bertz CT molecular complexity index is 734. The lowest BCUT2D eigenvalue weighted by molar-refractivity contribution is 0.294. The first-order valence-electron chi connectivity index (χ1n) is 8.23. The van der Waals surface area contributed by atoms with E-state index in [4.69, 9.17) is 4.74 Å². The Kier molecular flexibility index (Phi) is 3.80. The lowest BCUT2D eigenvalue weighted by atomic mass is 9.99. The Morgan fingerprint density at radius 3 is 2.70 bits per heavy atom. The summed E-state index contributed by atoms with van der Waals surface area (Å²) < 4.78 is 5.57. The molecule has 23 heavy (non-hydrogen) atoms. The molecule has 118 valence electrons. The zero-order valence-corrected chi connectivity index (χ0v) is 13.2. The first-order valence-corrected chi connectivity index (χ1v) is 8.23. The van der Waals surface area contributed by atoms with Gasteiger partial charge < -0.3 is 9.84 Å². The minimum absolute atomic E-state index is 0.326. The Morgan fingerprint density at radius 2 is 1.91 bits per heavy atom. The Balaban J connectivity index is 1.42. The second kappa shape index (κ2) is 6.09. The third-order valence-electron chi connectivity index (χ3n) is 4.69. The SMILES string of the molecule is Oc1ccc(C2=CCN(Cc3ccc4c(c3)CCO4)CC2)cc1. The van der Waals surface area contributed by atoms with Gasteiger partial charge in [0, 0.05) is 26.1 Å². The summed E-state index contributed by atoms with van der Waals surface area (Å²) in [6.07, 6.45) is 4.40. The highest BCUT2D eigenvalue weighted by atomic mass is 16.5. The Hall–Kier alpha value is -2.26. The number of fused-ring (bicyclic) bond motifs is 1. The molecule has 0 bridgehead atoms. The lowest BCUT2D eigenvalue weighted by Gasteiger charge is -2.26. The first-order chi connectivity index (χ1) is 11.3. The van der Waals surface area contributed by atoms with Crippen molar-refractivity contribution in [2.45, 2.75) is 19.4 Å². The standard InChI is InChI=1S/C20H21NO2/c22-19-4-2-16(3-5-19)17-7-10-21(11-8-17)14-15-1-6-20-18(13-15)9-12-23-20/h1-7,13,22H,8-12,14H2. The third kappa shape index (κ3) is 3.10. The van der Waals surface area contributed by atoms with E-state index in [0.717, 1.165) is 44.8 Å². The highest BCUT2D eigenvalue weighted by molar-refractivity contribution is 5.67. The van der Waals surface area contributed by atoms with Crippen LogP contribution in [0.3, 0.4) is 0 Å². The number of phenols is 1. The molecule has 3 heteroatoms. The number of rotatable bonds is 3. The van der Waals surface area contributed by atoms with Gasteiger partial charge in [-0.25, -0.2) is 0 Å². The molecule has 0 saturated heterocycles. The van der Waals surface area contributed by atoms with E-state index in [-0.39, 0.29) is 0 Å². The van der Waals surface area contributed by atoms with Crippen LogP contribution >= 0.6 is 0 Å². The summed E-state index contributed by atoms with van der Waals surface area (Å²) in [4.78, 5) is 2.47. The van der Waals surface area contributed by atoms with Crippen LogP contribution in [0.25, 0.3) is 5.57 Å². The fraction of sp³-hybridized carbons (Fsp3) is 0.300. The summed E-state index contributed by atoms with van der Waals surface area (Å²) in [6.45, 7) is 3.86. The average molecular weight is 307 g/mol. The molecular weight excluding hydrogens is 286 g/mol. The molecule has 4 rings (SSSR count). The van der Waals surface area contributed by atoms with Gasteiger partial charge in [-0.3, -0.25) is 4.90 Å². The number of aromatic hydroxyl groups is 1.